The van der Waals surface area contributed by atoms with Gasteiger partial charge in [-0.05, 0) is 37.1 Å². The van der Waals surface area contributed by atoms with Crippen molar-refractivity contribution in [2.24, 2.45) is 5.73 Å². The predicted molar refractivity (Wildman–Crippen MR) is 90.8 cm³/mol. The second kappa shape index (κ2) is 8.08. The van der Waals surface area contributed by atoms with Crippen molar-refractivity contribution in [3.05, 3.63) is 34.6 Å². The minimum Gasteiger partial charge on any atom is -0.350 e. The summed E-state index contributed by atoms with van der Waals surface area (Å²) in [6, 6.07) is 4.26. The van der Waals surface area contributed by atoms with Crippen molar-refractivity contribution in [2.45, 2.75) is 51.2 Å². The number of benzene rings is 1. The molecule has 1 aromatic rings. The number of carbonyl (C=O) groups is 1. The molecule has 3 atom stereocenters. The zero-order valence-electron chi connectivity index (χ0n) is 13.7. The monoisotopic (exact) mass is 341 g/mol. The van der Waals surface area contributed by atoms with E-state index in [-0.39, 0.29) is 23.0 Å². The minimum absolute atomic E-state index is 0.0513. The van der Waals surface area contributed by atoms with Crippen LogP contribution < -0.4 is 11.1 Å². The normalized spacial score (nSPS) is 23.0. The first-order valence-corrected chi connectivity index (χ1v) is 8.60. The Morgan fingerprint density at radius 3 is 2.87 bits per heavy atom. The van der Waals surface area contributed by atoms with Crippen LogP contribution >= 0.6 is 11.6 Å². The molecule has 23 heavy (non-hydrogen) atoms. The smallest absolute Gasteiger partial charge is 0.237 e. The molecular weight excluding hydrogens is 317 g/mol. The Hall–Kier alpha value is -1.17. The molecule has 0 spiro atoms. The molecule has 0 bridgehead atoms. The zero-order chi connectivity index (χ0) is 17.0. The van der Waals surface area contributed by atoms with Gasteiger partial charge in [0.1, 0.15) is 5.82 Å². The summed E-state index contributed by atoms with van der Waals surface area (Å²) in [5.74, 6) is -0.561. The van der Waals surface area contributed by atoms with E-state index in [2.05, 4.69) is 17.1 Å². The number of likely N-dealkylation sites (N-methyl/N-ethyl adjacent to an activating group) is 1. The first kappa shape index (κ1) is 18.2. The third-order valence-electron chi connectivity index (χ3n) is 4.46. The van der Waals surface area contributed by atoms with E-state index in [9.17, 15) is 9.18 Å². The van der Waals surface area contributed by atoms with Crippen molar-refractivity contribution in [2.75, 3.05) is 13.1 Å². The molecule has 1 aliphatic heterocycles. The lowest BCUT2D eigenvalue weighted by molar-refractivity contribution is -0.123. The number of likely N-dealkylation sites (tertiary alicyclic amines) is 1. The van der Waals surface area contributed by atoms with E-state index < -0.39 is 11.9 Å². The van der Waals surface area contributed by atoms with E-state index in [1.165, 1.54) is 6.07 Å². The molecule has 0 radical (unpaired) electrons. The molecular formula is C17H25ClFN3O. The van der Waals surface area contributed by atoms with E-state index in [0.29, 0.717) is 6.42 Å². The number of halogens is 2. The summed E-state index contributed by atoms with van der Waals surface area (Å²) in [6.45, 7) is 5.76. The van der Waals surface area contributed by atoms with Crippen LogP contribution in [-0.2, 0) is 4.79 Å². The van der Waals surface area contributed by atoms with Gasteiger partial charge in [-0.25, -0.2) is 4.39 Å². The predicted octanol–water partition coefficient (Wildman–Crippen LogP) is 2.86. The molecule has 3 N–H and O–H groups in total. The first-order chi connectivity index (χ1) is 11.0. The summed E-state index contributed by atoms with van der Waals surface area (Å²) in [4.78, 5) is 14.5. The van der Waals surface area contributed by atoms with Crippen LogP contribution in [0.15, 0.2) is 18.2 Å². The van der Waals surface area contributed by atoms with Gasteiger partial charge in [0, 0.05) is 12.6 Å². The fraction of sp³-hybridized carbons (Fsp3) is 0.588. The second-order valence-electron chi connectivity index (χ2n) is 6.05. The van der Waals surface area contributed by atoms with Crippen molar-refractivity contribution in [3.63, 3.8) is 0 Å². The lowest BCUT2D eigenvalue weighted by Crippen LogP contribution is -2.47. The third-order valence-corrected chi connectivity index (χ3v) is 4.76. The van der Waals surface area contributed by atoms with Gasteiger partial charge in [-0.1, -0.05) is 37.9 Å². The molecule has 1 fully saturated rings. The molecule has 1 amide bonds. The molecule has 2 rings (SSSR count). The third kappa shape index (κ3) is 4.22. The van der Waals surface area contributed by atoms with Gasteiger partial charge >= 0.3 is 0 Å². The van der Waals surface area contributed by atoms with E-state index in [4.69, 9.17) is 17.3 Å². The summed E-state index contributed by atoms with van der Waals surface area (Å²) in [7, 11) is 0. The van der Waals surface area contributed by atoms with Crippen molar-refractivity contribution < 1.29 is 9.18 Å². The Morgan fingerprint density at radius 2 is 2.26 bits per heavy atom. The summed E-state index contributed by atoms with van der Waals surface area (Å²) in [5, 5.41) is 3.16. The lowest BCUT2D eigenvalue weighted by atomic mass is 9.99. The maximum absolute atomic E-state index is 13.8. The Bertz CT molecular complexity index is 555. The standard InChI is InChI=1S/C17H25ClFN3O/c1-3-5-14(20)17(23)21-15-8-9-22(4-2)16(15)11-6-7-12(18)13(19)10-11/h6-7,10,14-16H,3-5,8-9,20H2,1-2H3,(H,21,23). The molecule has 1 aromatic carbocycles. The quantitative estimate of drug-likeness (QED) is 0.836. The fourth-order valence-electron chi connectivity index (χ4n) is 3.23. The maximum Gasteiger partial charge on any atom is 0.237 e. The summed E-state index contributed by atoms with van der Waals surface area (Å²) in [5.41, 5.74) is 6.73. The van der Waals surface area contributed by atoms with Crippen molar-refractivity contribution in [3.8, 4) is 0 Å². The number of hydrogen-bond acceptors (Lipinski definition) is 3. The number of rotatable bonds is 6. The maximum atomic E-state index is 13.8. The van der Waals surface area contributed by atoms with Crippen LogP contribution in [0.4, 0.5) is 4.39 Å². The van der Waals surface area contributed by atoms with E-state index in [0.717, 1.165) is 31.5 Å². The average molecular weight is 342 g/mol. The van der Waals surface area contributed by atoms with Crippen LogP contribution in [0.3, 0.4) is 0 Å². The van der Waals surface area contributed by atoms with E-state index in [1.54, 1.807) is 6.07 Å². The van der Waals surface area contributed by atoms with Gasteiger partial charge in [0.15, 0.2) is 0 Å². The molecule has 1 aliphatic rings. The number of hydrogen-bond donors (Lipinski definition) is 2. The van der Waals surface area contributed by atoms with Crippen LogP contribution in [0.2, 0.25) is 5.02 Å². The highest BCUT2D eigenvalue weighted by atomic mass is 35.5. The van der Waals surface area contributed by atoms with Crippen molar-refractivity contribution in [1.82, 2.24) is 10.2 Å². The zero-order valence-corrected chi connectivity index (χ0v) is 14.4. The Labute approximate surface area is 142 Å². The van der Waals surface area contributed by atoms with Gasteiger partial charge in [-0.15, -0.1) is 0 Å². The molecule has 0 aliphatic carbocycles. The first-order valence-electron chi connectivity index (χ1n) is 8.22. The van der Waals surface area contributed by atoms with Crippen molar-refractivity contribution in [1.29, 1.82) is 0 Å². The number of nitrogens with one attached hydrogen (secondary N) is 1. The number of amides is 1. The van der Waals surface area contributed by atoms with Gasteiger partial charge in [0.25, 0.3) is 0 Å². The summed E-state index contributed by atoms with van der Waals surface area (Å²) < 4.78 is 13.8. The van der Waals surface area contributed by atoms with Gasteiger partial charge in [0.2, 0.25) is 5.91 Å². The lowest BCUT2D eigenvalue weighted by Gasteiger charge is -2.29. The number of nitrogens with zero attached hydrogens (tertiary/aromatic N) is 1. The molecule has 1 heterocycles. The fourth-order valence-corrected chi connectivity index (χ4v) is 3.35. The minimum atomic E-state index is -0.488. The largest absolute Gasteiger partial charge is 0.350 e. The summed E-state index contributed by atoms with van der Waals surface area (Å²) in [6.07, 6.45) is 2.36. The van der Waals surface area contributed by atoms with Crippen LogP contribution in [0.1, 0.15) is 44.7 Å². The average Bonchev–Trinajstić information content (AvgIpc) is 2.93. The van der Waals surface area contributed by atoms with Crippen LogP contribution in [0.5, 0.6) is 0 Å². The van der Waals surface area contributed by atoms with Crippen LogP contribution in [0, 0.1) is 5.82 Å². The van der Waals surface area contributed by atoms with Gasteiger partial charge in [-0.2, -0.15) is 0 Å². The highest BCUT2D eigenvalue weighted by Crippen LogP contribution is 2.33. The Balaban J connectivity index is 2.18. The Kier molecular flexibility index (Phi) is 6.39. The van der Waals surface area contributed by atoms with Crippen molar-refractivity contribution >= 4 is 17.5 Å². The summed E-state index contributed by atoms with van der Waals surface area (Å²) >= 11 is 5.78. The van der Waals surface area contributed by atoms with Gasteiger partial charge < -0.3 is 11.1 Å². The molecule has 0 aromatic heterocycles. The van der Waals surface area contributed by atoms with E-state index >= 15 is 0 Å². The van der Waals surface area contributed by atoms with E-state index in [1.807, 2.05) is 13.0 Å². The molecule has 3 unspecified atom stereocenters. The Morgan fingerprint density at radius 1 is 1.52 bits per heavy atom. The SMILES string of the molecule is CCCC(N)C(=O)NC1CCN(CC)C1c1ccc(Cl)c(F)c1. The van der Waals surface area contributed by atoms with Gasteiger partial charge in [-0.3, -0.25) is 9.69 Å². The number of nitrogens with two attached hydrogens (primary N) is 1. The highest BCUT2D eigenvalue weighted by Gasteiger charge is 2.36. The molecule has 0 saturated carbocycles. The molecule has 6 heteroatoms. The molecule has 1 saturated heterocycles. The van der Waals surface area contributed by atoms with Crippen LogP contribution in [-0.4, -0.2) is 36.0 Å². The van der Waals surface area contributed by atoms with Crippen LogP contribution in [0.25, 0.3) is 0 Å². The highest BCUT2D eigenvalue weighted by molar-refractivity contribution is 6.30. The van der Waals surface area contributed by atoms with Gasteiger partial charge in [0.05, 0.1) is 17.1 Å². The molecule has 128 valence electrons. The topological polar surface area (TPSA) is 58.4 Å². The second-order valence-corrected chi connectivity index (χ2v) is 6.45. The number of carbonyl (C=O) groups excluding carboxylic acids is 1. The molecule has 4 nitrogen and oxygen atoms in total.